The number of fused-ring (bicyclic) bond motifs is 12. The van der Waals surface area contributed by atoms with Crippen LogP contribution in [0.4, 0.5) is 62.6 Å². The number of hydrogen-bond donors (Lipinski definition) is 4. The number of azo groups is 2. The number of nitro benzene ring substituents is 2. The van der Waals surface area contributed by atoms with Gasteiger partial charge in [0.2, 0.25) is 11.4 Å². The minimum Gasteiger partial charge on any atom is -0.506 e. The van der Waals surface area contributed by atoms with Crippen LogP contribution in [0.1, 0.15) is 133 Å². The van der Waals surface area contributed by atoms with Gasteiger partial charge in [0, 0.05) is 162 Å². The van der Waals surface area contributed by atoms with Crippen LogP contribution in [0.5, 0.6) is 23.0 Å². The number of non-ortho nitro benzene ring substituents is 2. The molecule has 0 spiro atoms. The third-order valence-electron chi connectivity index (χ3n) is 27.3. The van der Waals surface area contributed by atoms with Gasteiger partial charge >= 0.3 is 0 Å². The molecule has 4 atom stereocenters. The smallest absolute Gasteiger partial charge is 0.271 e. The molecule has 0 saturated carbocycles. The van der Waals surface area contributed by atoms with E-state index in [9.17, 15) is 40.7 Å². The van der Waals surface area contributed by atoms with E-state index >= 15 is 0 Å². The summed E-state index contributed by atoms with van der Waals surface area (Å²) in [6.07, 6.45) is 27.7. The summed E-state index contributed by atoms with van der Waals surface area (Å²) in [5, 5.41) is 86.0. The van der Waals surface area contributed by atoms with E-state index in [2.05, 4.69) is 355 Å². The molecule has 0 bridgehead atoms. The molecule has 4 N–H and O–H groups in total. The molecule has 0 amide bonds. The molecule has 18 rings (SSSR count). The third-order valence-corrected chi connectivity index (χ3v) is 27.3. The van der Waals surface area contributed by atoms with E-state index in [1.54, 1.807) is 30.3 Å². The topological polar surface area (TPSA) is 232 Å². The maximum atomic E-state index is 10.8. The number of hydrogen-bond acceptors (Lipinski definition) is 15. The number of likely N-dealkylation sites (N-methyl/N-ethyl adjacent to an activating group) is 2. The number of nitrogens with zero attached hydrogens (tertiary/aromatic N) is 11. The number of unbranched alkanes of at least 4 members (excludes halogenated alkanes) is 2. The first-order valence-corrected chi connectivity index (χ1v) is 46.4. The Morgan fingerprint density at radius 2 is 0.763 bits per heavy atom. The molecule has 1 radical (unpaired) electrons. The van der Waals surface area contributed by atoms with Gasteiger partial charge in [0.25, 0.3) is 11.4 Å². The molecular weight excluding hydrogens is 1720 g/mol. The van der Waals surface area contributed by atoms with Crippen LogP contribution < -0.4 is 14.7 Å². The van der Waals surface area contributed by atoms with Gasteiger partial charge in [0.15, 0.2) is 11.4 Å². The summed E-state index contributed by atoms with van der Waals surface area (Å²) in [4.78, 5) is 27.3. The summed E-state index contributed by atoms with van der Waals surface area (Å²) >= 11 is 0. The molecule has 0 fully saturated rings. The SMILES string of the molecule is CCCC[N+]1=C(C=CC=C2N(C)c3ccc4ccccc4c3C2(C)CC=CCC2(C)C(=CC=CC3=[N+](CCCC)c4ccc5ccccc5c4C3(C)Cc3ccccc3)N(C)c3ccc4ccccc4c32)C(C)(Cc2ccccc2)c2c1ccc1ccccc21.CCN(CC)c1ccc(N=Nc2cc([N+](=O)[O-])ccc2O)c(O)c1.Cc1ccc(N=Nc2cc([N+](=O)[O-])ccc2O)c(O)c1.[Co]. The Hall–Kier alpha value is -14.7. The van der Waals surface area contributed by atoms with Crippen molar-refractivity contribution in [3.05, 3.63) is 398 Å². The molecule has 4 unspecified atom stereocenters. The quantitative estimate of drug-likeness (QED) is 0.0124. The summed E-state index contributed by atoms with van der Waals surface area (Å²) in [6.45, 7) is 24.0. The zero-order chi connectivity index (χ0) is 94.2. The van der Waals surface area contributed by atoms with Gasteiger partial charge in [-0.25, -0.2) is 0 Å². The average Bonchev–Trinajstić information content (AvgIpc) is 1.57. The van der Waals surface area contributed by atoms with E-state index < -0.39 is 9.85 Å². The molecule has 14 aromatic carbocycles. The van der Waals surface area contributed by atoms with Crippen LogP contribution in [0, 0.1) is 27.2 Å². The van der Waals surface area contributed by atoms with Crippen molar-refractivity contribution < 1.29 is 56.2 Å². The summed E-state index contributed by atoms with van der Waals surface area (Å²) < 4.78 is 5.32. The van der Waals surface area contributed by atoms with Gasteiger partial charge < -0.3 is 35.1 Å². The molecule has 4 heterocycles. The zero-order valence-corrected chi connectivity index (χ0v) is 79.4. The van der Waals surface area contributed by atoms with Gasteiger partial charge in [-0.05, 0) is 218 Å². The van der Waals surface area contributed by atoms with Crippen LogP contribution in [0.15, 0.2) is 360 Å². The van der Waals surface area contributed by atoms with Gasteiger partial charge in [-0.3, -0.25) is 20.2 Å². The van der Waals surface area contributed by atoms with Crippen LogP contribution in [0.2, 0.25) is 0 Å². The molecule has 20 heteroatoms. The average molecular weight is 1840 g/mol. The number of rotatable bonds is 27. The zero-order valence-electron chi connectivity index (χ0n) is 78.3. The number of benzene rings is 14. The summed E-state index contributed by atoms with van der Waals surface area (Å²) in [6, 6.07) is 93.9. The molecule has 4 aliphatic heterocycles. The normalized spacial score (nSPS) is 18.3. The molecule has 19 nitrogen and oxygen atoms in total. The number of phenols is 4. The second-order valence-electron chi connectivity index (χ2n) is 36.1. The molecule has 685 valence electrons. The molecule has 4 aliphatic rings. The van der Waals surface area contributed by atoms with Gasteiger partial charge in [0.05, 0.1) is 20.7 Å². The number of anilines is 3. The van der Waals surface area contributed by atoms with Crippen molar-refractivity contribution in [1.82, 2.24) is 0 Å². The van der Waals surface area contributed by atoms with Gasteiger partial charge in [-0.2, -0.15) is 9.15 Å². The van der Waals surface area contributed by atoms with E-state index in [1.807, 2.05) is 20.8 Å². The standard InChI is InChI=1S/C86H86N4.C16H18N4O4.C13H11N3O4.Co/c1-9-11-57-89-73-53-49-65-37-21-25-41-69(65)81(73)85(5,59-61-31-15-13-16-32-61)77(89)45-29-43-75-83(3,79-67-39-23-19-35-63(67)47-51-71(79)87(75)7)55-27-28-56-84(4)76(88(8)72-52-48-64-36-20-24-40-68(64)80(72)84)44-30-46-78-86(6,60-62-33-17-14-18-34-62)82-70-42-26-22-38-66(70)50-54-74(82)90(78)58-12-10-2;1-3-19(4-2)11-5-7-13(16(22)10-11)17-18-14-9-12(20(23)24)6-8-15(14)21;1-8-2-4-10(13(18)6-8)14-15-11-7-9(16(19)20)3-5-12(11)17;/h13-54H,9-12,55-60H2,1-8H3;5-10,21-22H,3-4H2,1-2H3;2-7,17-18H,1H3;/q+2;;;. The van der Waals surface area contributed by atoms with E-state index in [4.69, 9.17) is 0 Å². The van der Waals surface area contributed by atoms with E-state index in [1.165, 1.54) is 146 Å². The van der Waals surface area contributed by atoms with Crippen LogP contribution in [-0.2, 0) is 51.3 Å². The summed E-state index contributed by atoms with van der Waals surface area (Å²) in [5.41, 5.74) is 19.4. The molecule has 0 saturated heterocycles. The minimum absolute atomic E-state index is 0. The van der Waals surface area contributed by atoms with Crippen molar-refractivity contribution in [3.63, 3.8) is 0 Å². The maximum Gasteiger partial charge on any atom is 0.271 e. The van der Waals surface area contributed by atoms with Crippen LogP contribution in [0.3, 0.4) is 0 Å². The van der Waals surface area contributed by atoms with Crippen molar-refractivity contribution in [2.45, 2.75) is 135 Å². The van der Waals surface area contributed by atoms with Crippen molar-refractivity contribution in [1.29, 1.82) is 0 Å². The Labute approximate surface area is 800 Å². The monoisotopic (exact) mass is 1840 g/mol. The largest absolute Gasteiger partial charge is 0.506 e. The molecular formula is C115H115CoN11O8+2. The van der Waals surface area contributed by atoms with Gasteiger partial charge in [-0.15, -0.1) is 20.5 Å². The number of aromatic hydroxyl groups is 4. The van der Waals surface area contributed by atoms with E-state index in [-0.39, 0.29) is 95.6 Å². The van der Waals surface area contributed by atoms with Crippen LogP contribution >= 0.6 is 0 Å². The van der Waals surface area contributed by atoms with E-state index in [0.717, 1.165) is 107 Å². The Kier molecular flexibility index (Phi) is 28.7. The summed E-state index contributed by atoms with van der Waals surface area (Å²) in [7, 11) is 4.58. The van der Waals surface area contributed by atoms with Crippen molar-refractivity contribution >= 4 is 117 Å². The molecule has 135 heavy (non-hydrogen) atoms. The summed E-state index contributed by atoms with van der Waals surface area (Å²) in [5.74, 6) is -0.582. The van der Waals surface area contributed by atoms with Gasteiger partial charge in [0.1, 0.15) is 58.8 Å². The Bertz CT molecular complexity index is 6860. The predicted molar refractivity (Wildman–Crippen MR) is 547 cm³/mol. The maximum absolute atomic E-state index is 10.8. The Balaban J connectivity index is 0.000000251. The van der Waals surface area contributed by atoms with E-state index in [0.29, 0.717) is 0 Å². The molecule has 0 aromatic heterocycles. The first-order valence-electron chi connectivity index (χ1n) is 46.4. The second kappa shape index (κ2) is 40.8. The van der Waals surface area contributed by atoms with Crippen molar-refractivity contribution in [2.75, 3.05) is 55.0 Å². The van der Waals surface area contributed by atoms with Crippen molar-refractivity contribution in [2.24, 2.45) is 20.5 Å². The Morgan fingerprint density at radius 1 is 0.400 bits per heavy atom. The first-order chi connectivity index (χ1) is 64.8. The molecule has 14 aromatic rings. The van der Waals surface area contributed by atoms with Crippen molar-refractivity contribution in [3.8, 4) is 23.0 Å². The fourth-order valence-electron chi connectivity index (χ4n) is 20.6. The van der Waals surface area contributed by atoms with Crippen LogP contribution in [-0.4, -0.2) is 91.1 Å². The number of allylic oxidation sites excluding steroid dienone is 10. The molecule has 0 aliphatic carbocycles. The predicted octanol–water partition coefficient (Wildman–Crippen LogP) is 28.8. The first kappa shape index (κ1) is 94.9. The minimum atomic E-state index is -0.595. The van der Waals surface area contributed by atoms with Gasteiger partial charge in [-0.1, -0.05) is 227 Å². The Morgan fingerprint density at radius 3 is 1.14 bits per heavy atom. The van der Waals surface area contributed by atoms with Crippen LogP contribution in [0.25, 0.3) is 43.1 Å². The fraction of sp³-hybridized carbons (Fsp3) is 0.235. The second-order valence-corrected chi connectivity index (χ2v) is 36.1. The fourth-order valence-corrected chi connectivity index (χ4v) is 20.6. The number of aryl methyl sites for hydroxylation is 1. The number of phenolic OH excluding ortho intramolecular Hbond substituents is 4. The third kappa shape index (κ3) is 18.9. The number of nitro groups is 2.